The third-order valence-corrected chi connectivity index (χ3v) is 15.3. The van der Waals surface area contributed by atoms with Crippen LogP contribution in [0, 0.1) is 11.8 Å². The second-order valence-electron chi connectivity index (χ2n) is 10.8. The highest BCUT2D eigenvalue weighted by atomic mass is 32.2. The van der Waals surface area contributed by atoms with Crippen molar-refractivity contribution < 1.29 is 9.59 Å². The summed E-state index contributed by atoms with van der Waals surface area (Å²) in [6.45, 7) is 17.9. The van der Waals surface area contributed by atoms with Crippen molar-refractivity contribution in [1.29, 1.82) is 0 Å². The summed E-state index contributed by atoms with van der Waals surface area (Å²) in [6.07, 6.45) is 0. The monoisotopic (exact) mass is 609 g/mol. The lowest BCUT2D eigenvalue weighted by Crippen LogP contribution is -2.39. The molecule has 200 valence electrons. The summed E-state index contributed by atoms with van der Waals surface area (Å²) in [4.78, 5) is 30.3. The van der Waals surface area contributed by atoms with Crippen LogP contribution in [0.2, 0.25) is 0 Å². The van der Waals surface area contributed by atoms with Gasteiger partial charge in [0.15, 0.2) is 0 Å². The molecule has 1 aromatic carbocycles. The summed E-state index contributed by atoms with van der Waals surface area (Å²) in [5, 5.41) is 1.53. The minimum Gasteiger partial charge on any atom is -0.274 e. The number of fused-ring (bicyclic) bond motifs is 8. The minimum absolute atomic E-state index is 0.0245. The maximum absolute atomic E-state index is 14.4. The average Bonchev–Trinajstić information content (AvgIpc) is 3.43. The molecule has 0 unspecified atom stereocenters. The van der Waals surface area contributed by atoms with Crippen LogP contribution in [-0.4, -0.2) is 32.8 Å². The third-order valence-electron chi connectivity index (χ3n) is 6.49. The van der Waals surface area contributed by atoms with Crippen LogP contribution in [0.5, 0.6) is 0 Å². The fourth-order valence-corrected chi connectivity index (χ4v) is 18.0. The molecule has 4 atom stereocenters. The Morgan fingerprint density at radius 2 is 1.14 bits per heavy atom. The van der Waals surface area contributed by atoms with Gasteiger partial charge >= 0.3 is 0 Å². The van der Waals surface area contributed by atoms with E-state index < -0.39 is 8.16 Å². The lowest BCUT2D eigenvalue weighted by atomic mass is 9.78. The number of thiophene rings is 1. The molecule has 2 saturated heterocycles. The number of carbonyl (C=O) groups is 2. The molecule has 0 aliphatic carbocycles. The maximum Gasteiger partial charge on any atom is 0.240 e. The van der Waals surface area contributed by atoms with Crippen LogP contribution in [0.3, 0.4) is 0 Å². The summed E-state index contributed by atoms with van der Waals surface area (Å²) in [5.74, 6) is -0.782. The first-order valence-electron chi connectivity index (χ1n) is 12.9. The molecular weight excluding hydrogens is 575 g/mol. The minimum atomic E-state index is -0.462. The number of benzene rings is 1. The zero-order valence-corrected chi connectivity index (χ0v) is 27.5. The number of amides is 2. The molecule has 5 rings (SSSR count). The molecule has 0 saturated carbocycles. The molecule has 3 aliphatic heterocycles. The molecule has 37 heavy (non-hydrogen) atoms. The van der Waals surface area contributed by atoms with Crippen LogP contribution < -0.4 is 4.90 Å². The Bertz CT molecular complexity index is 1140. The second-order valence-corrected chi connectivity index (χ2v) is 21.2. The normalized spacial score (nSPS) is 28.5. The molecule has 3 nitrogen and oxygen atoms in total. The Morgan fingerprint density at radius 3 is 1.51 bits per heavy atom. The molecule has 1 aromatic heterocycles. The Balaban J connectivity index is 1.80. The van der Waals surface area contributed by atoms with Crippen molar-refractivity contribution >= 4 is 87.6 Å². The summed E-state index contributed by atoms with van der Waals surface area (Å²) < 4.78 is 1.76. The van der Waals surface area contributed by atoms with Gasteiger partial charge in [-0.15, -0.1) is 70.1 Å². The molecule has 0 spiro atoms. The van der Waals surface area contributed by atoms with E-state index >= 15 is 0 Å². The van der Waals surface area contributed by atoms with Crippen LogP contribution in [-0.2, 0) is 17.7 Å². The predicted octanol–water partition coefficient (Wildman–Crippen LogP) is 8.90. The molecule has 0 N–H and O–H groups in total. The van der Waals surface area contributed by atoms with Crippen molar-refractivity contribution in [3.8, 4) is 0 Å². The number of carbonyl (C=O) groups excluding carboxylic acids is 2. The van der Waals surface area contributed by atoms with Gasteiger partial charge in [-0.1, -0.05) is 73.6 Å². The van der Waals surface area contributed by atoms with E-state index in [0.717, 1.165) is 0 Å². The van der Waals surface area contributed by atoms with Gasteiger partial charge in [0.2, 0.25) is 11.8 Å². The zero-order chi connectivity index (χ0) is 26.9. The molecule has 2 aromatic rings. The van der Waals surface area contributed by atoms with E-state index in [1.54, 1.807) is 0 Å². The predicted molar refractivity (Wildman–Crippen MR) is 169 cm³/mol. The number of para-hydroxylation sites is 1. The Morgan fingerprint density at radius 1 is 0.703 bits per heavy atom. The van der Waals surface area contributed by atoms with Crippen LogP contribution >= 0.6 is 70.1 Å². The Kier molecular flexibility index (Phi) is 7.91. The highest BCUT2D eigenvalue weighted by Crippen LogP contribution is 2.84. The summed E-state index contributed by atoms with van der Waals surface area (Å²) in [5.41, 5.74) is 3.41. The molecule has 3 aliphatic rings. The van der Waals surface area contributed by atoms with Crippen molar-refractivity contribution in [3.63, 3.8) is 0 Å². The van der Waals surface area contributed by atoms with E-state index in [-0.39, 0.29) is 23.7 Å². The quantitative estimate of drug-likeness (QED) is 0.208. The number of imide groups is 1. The van der Waals surface area contributed by atoms with Gasteiger partial charge in [0, 0.05) is 32.1 Å². The van der Waals surface area contributed by atoms with Gasteiger partial charge in [-0.3, -0.25) is 9.59 Å². The maximum atomic E-state index is 14.4. The lowest BCUT2D eigenvalue weighted by molar-refractivity contribution is -0.122. The van der Waals surface area contributed by atoms with Crippen LogP contribution in [0.15, 0.2) is 38.8 Å². The van der Waals surface area contributed by atoms with Gasteiger partial charge in [0.05, 0.1) is 25.9 Å². The Hall–Kier alpha value is -0.190. The van der Waals surface area contributed by atoms with Crippen LogP contribution in [0.1, 0.15) is 66.5 Å². The lowest BCUT2D eigenvalue weighted by Gasteiger charge is -2.36. The number of nitrogens with zero attached hydrogens (tertiary/aromatic N) is 1. The summed E-state index contributed by atoms with van der Waals surface area (Å²) >= 11 is 11.5. The van der Waals surface area contributed by atoms with Crippen LogP contribution in [0.4, 0.5) is 5.69 Å². The van der Waals surface area contributed by atoms with Gasteiger partial charge in [0.25, 0.3) is 0 Å². The fraction of sp³-hybridized carbons (Fsp3) is 0.571. The van der Waals surface area contributed by atoms with Gasteiger partial charge in [-0.05, 0) is 12.1 Å². The van der Waals surface area contributed by atoms with E-state index in [0.29, 0.717) is 26.7 Å². The van der Waals surface area contributed by atoms with E-state index in [1.165, 1.54) is 24.4 Å². The first-order valence-corrected chi connectivity index (χ1v) is 18.1. The van der Waals surface area contributed by atoms with E-state index in [2.05, 4.69) is 55.4 Å². The van der Waals surface area contributed by atoms with Gasteiger partial charge in [-0.25, -0.2) is 4.90 Å². The number of rotatable bonds is 9. The molecule has 2 amide bonds. The van der Waals surface area contributed by atoms with Gasteiger partial charge in [-0.2, -0.15) is 0 Å². The molecule has 2 bridgehead atoms. The summed E-state index contributed by atoms with van der Waals surface area (Å²) in [7, 11) is 0. The van der Waals surface area contributed by atoms with Crippen molar-refractivity contribution in [2.75, 3.05) is 4.90 Å². The highest BCUT2D eigenvalue weighted by Gasteiger charge is 2.79. The number of hydrogen-bond acceptors (Lipinski definition) is 8. The van der Waals surface area contributed by atoms with Crippen molar-refractivity contribution in [2.24, 2.45) is 11.8 Å². The largest absolute Gasteiger partial charge is 0.274 e. The van der Waals surface area contributed by atoms with E-state index in [1.807, 2.05) is 100 Å². The smallest absolute Gasteiger partial charge is 0.240 e. The third kappa shape index (κ3) is 4.46. The first kappa shape index (κ1) is 28.3. The number of hydrogen-bond donors (Lipinski definition) is 0. The Labute approximate surface area is 246 Å². The molecule has 0 radical (unpaired) electrons. The highest BCUT2D eigenvalue weighted by molar-refractivity contribution is 8.26. The van der Waals surface area contributed by atoms with Crippen molar-refractivity contribution in [3.05, 3.63) is 41.5 Å². The molecular formula is C28H35NO2S6. The molecule has 2 fully saturated rings. The number of thioether (sulfide) groups is 5. The van der Waals surface area contributed by atoms with Crippen molar-refractivity contribution in [2.45, 2.75) is 93.0 Å². The van der Waals surface area contributed by atoms with Gasteiger partial charge in [0.1, 0.15) is 8.16 Å². The molecule has 4 heterocycles. The van der Waals surface area contributed by atoms with E-state index in [9.17, 15) is 9.59 Å². The first-order chi connectivity index (χ1) is 17.4. The summed E-state index contributed by atoms with van der Waals surface area (Å²) in [6, 6.07) is 9.55. The van der Waals surface area contributed by atoms with Crippen LogP contribution in [0.25, 0.3) is 0 Å². The van der Waals surface area contributed by atoms with E-state index in [4.69, 9.17) is 0 Å². The standard InChI is InChI=1S/C28H35NO2S6/c1-14(2)32-25-21-22(26(34-25)33-15(3)4)28(36-17(7)8)20-19(27(21,37-28)35-16(5)6)23(30)29(24(20)31)18-12-10-9-11-13-18/h9-17,19-20H,1-8H3/t19-,20+,27+,28-. The second kappa shape index (κ2) is 10.3. The number of anilines is 1. The van der Waals surface area contributed by atoms with Gasteiger partial charge < -0.3 is 0 Å². The SMILES string of the molecule is CC(C)Sc1sc(SC(C)C)c2c1[C@]1(SC(C)C)S[C@@]2(SC(C)C)[C@H]2C(=O)N(c3ccccc3)C(=O)[C@H]21. The topological polar surface area (TPSA) is 37.4 Å². The fourth-order valence-electron chi connectivity index (χ4n) is 5.66. The van der Waals surface area contributed by atoms with Crippen molar-refractivity contribution in [1.82, 2.24) is 0 Å². The molecule has 9 heteroatoms. The average molecular weight is 610 g/mol. The zero-order valence-electron chi connectivity index (χ0n) is 22.6.